The van der Waals surface area contributed by atoms with E-state index in [2.05, 4.69) is 0 Å². The summed E-state index contributed by atoms with van der Waals surface area (Å²) in [6.07, 6.45) is 2.30. The number of carbonyl (C=O) groups excluding carboxylic acids is 2. The third-order valence-electron chi connectivity index (χ3n) is 5.90. The van der Waals surface area contributed by atoms with Crippen molar-refractivity contribution >= 4 is 27.6 Å². The normalized spacial score (nSPS) is 14.1. The summed E-state index contributed by atoms with van der Waals surface area (Å²) < 4.78 is 31.8. The number of esters is 1. The first-order valence-electron chi connectivity index (χ1n) is 11.4. The predicted molar refractivity (Wildman–Crippen MR) is 131 cm³/mol. The number of sulfonamides is 1. The van der Waals surface area contributed by atoms with Crippen molar-refractivity contribution in [2.45, 2.75) is 37.1 Å². The molecule has 8 nitrogen and oxygen atoms in total. The Morgan fingerprint density at radius 3 is 2.09 bits per heavy atom. The number of benzene rings is 2. The molecule has 34 heavy (non-hydrogen) atoms. The number of carbonyl (C=O) groups is 2. The largest absolute Gasteiger partial charge is 0.456 e. The van der Waals surface area contributed by atoms with Crippen LogP contribution in [0.2, 0.25) is 0 Å². The highest BCUT2D eigenvalue weighted by molar-refractivity contribution is 7.89. The van der Waals surface area contributed by atoms with Crippen molar-refractivity contribution in [3.05, 3.63) is 59.7 Å². The lowest BCUT2D eigenvalue weighted by Crippen LogP contribution is -2.30. The zero-order chi connectivity index (χ0) is 24.7. The van der Waals surface area contributed by atoms with Gasteiger partial charge in [-0.2, -0.15) is 4.31 Å². The second-order valence-electron chi connectivity index (χ2n) is 8.73. The highest BCUT2D eigenvalue weighted by Crippen LogP contribution is 2.21. The van der Waals surface area contributed by atoms with E-state index in [1.807, 2.05) is 43.3 Å². The van der Waals surface area contributed by atoms with Crippen molar-refractivity contribution in [2.75, 3.05) is 45.7 Å². The summed E-state index contributed by atoms with van der Waals surface area (Å²) in [7, 11) is 2.16. The smallest absolute Gasteiger partial charge is 0.306 e. The third kappa shape index (κ3) is 6.80. The first-order chi connectivity index (χ1) is 16.2. The Morgan fingerprint density at radius 2 is 1.50 bits per heavy atom. The molecule has 1 heterocycles. The number of rotatable bonds is 10. The summed E-state index contributed by atoms with van der Waals surface area (Å²) in [5.74, 6) is -0.743. The number of nitrogens with zero attached hydrogens (tertiary/aromatic N) is 3. The molecule has 2 aromatic rings. The number of amides is 1. The lowest BCUT2D eigenvalue weighted by Gasteiger charge is -2.18. The Hall–Kier alpha value is -2.91. The van der Waals surface area contributed by atoms with Gasteiger partial charge in [-0.1, -0.05) is 24.3 Å². The van der Waals surface area contributed by atoms with Crippen LogP contribution in [0, 0.1) is 0 Å². The summed E-state index contributed by atoms with van der Waals surface area (Å²) >= 11 is 0. The van der Waals surface area contributed by atoms with E-state index in [9.17, 15) is 18.0 Å². The Morgan fingerprint density at radius 1 is 0.912 bits per heavy atom. The van der Waals surface area contributed by atoms with Crippen LogP contribution in [0.25, 0.3) is 0 Å². The molecule has 0 aromatic heterocycles. The maximum Gasteiger partial charge on any atom is 0.306 e. The zero-order valence-corrected chi connectivity index (χ0v) is 20.9. The van der Waals surface area contributed by atoms with E-state index < -0.39 is 16.0 Å². The standard InChI is InChI=1S/C25H33N3O5S/c1-26(2)22-11-6-21(7-12-22)18-27(3)24(29)19-33-25(30)15-10-20-8-13-23(14-9-20)34(31,32)28-16-4-5-17-28/h6-9,11-14H,4-5,10,15-19H2,1-3H3. The number of ether oxygens (including phenoxy) is 1. The lowest BCUT2D eigenvalue weighted by atomic mass is 10.1. The summed E-state index contributed by atoms with van der Waals surface area (Å²) in [5.41, 5.74) is 2.90. The molecule has 1 saturated heterocycles. The average Bonchev–Trinajstić information content (AvgIpc) is 3.38. The van der Waals surface area contributed by atoms with Gasteiger partial charge in [0.25, 0.3) is 5.91 Å². The Labute approximate surface area is 202 Å². The van der Waals surface area contributed by atoms with E-state index in [0.717, 1.165) is 29.7 Å². The summed E-state index contributed by atoms with van der Waals surface area (Å²) in [6, 6.07) is 14.5. The molecule has 3 rings (SSSR count). The van der Waals surface area contributed by atoms with Gasteiger partial charge < -0.3 is 14.5 Å². The number of aryl methyl sites for hydroxylation is 1. The minimum Gasteiger partial charge on any atom is -0.456 e. The first-order valence-corrected chi connectivity index (χ1v) is 12.9. The molecule has 0 spiro atoms. The van der Waals surface area contributed by atoms with Gasteiger partial charge in [-0.15, -0.1) is 0 Å². The van der Waals surface area contributed by atoms with Crippen LogP contribution in [-0.4, -0.2) is 70.3 Å². The molecule has 1 amide bonds. The van der Waals surface area contributed by atoms with Gasteiger partial charge in [0.2, 0.25) is 10.0 Å². The van der Waals surface area contributed by atoms with Crippen LogP contribution in [0.4, 0.5) is 5.69 Å². The maximum absolute atomic E-state index is 12.6. The molecule has 0 atom stereocenters. The minimum atomic E-state index is -3.44. The van der Waals surface area contributed by atoms with Crippen LogP contribution >= 0.6 is 0 Å². The van der Waals surface area contributed by atoms with Crippen LogP contribution in [0.15, 0.2) is 53.4 Å². The van der Waals surface area contributed by atoms with Crippen molar-refractivity contribution in [3.63, 3.8) is 0 Å². The van der Waals surface area contributed by atoms with Gasteiger partial charge in [-0.3, -0.25) is 9.59 Å². The van der Waals surface area contributed by atoms with Crippen molar-refractivity contribution < 1.29 is 22.7 Å². The van der Waals surface area contributed by atoms with Gasteiger partial charge >= 0.3 is 5.97 Å². The zero-order valence-electron chi connectivity index (χ0n) is 20.1. The van der Waals surface area contributed by atoms with E-state index in [-0.39, 0.29) is 23.8 Å². The summed E-state index contributed by atoms with van der Waals surface area (Å²) in [4.78, 5) is 28.2. The van der Waals surface area contributed by atoms with Gasteiger partial charge in [0.15, 0.2) is 6.61 Å². The molecule has 0 unspecified atom stereocenters. The van der Waals surface area contributed by atoms with E-state index in [1.54, 1.807) is 31.3 Å². The average molecular weight is 488 g/mol. The topological polar surface area (TPSA) is 87.2 Å². The van der Waals surface area contributed by atoms with Crippen LogP contribution in [0.3, 0.4) is 0 Å². The number of likely N-dealkylation sites (N-methyl/N-ethyl adjacent to an activating group) is 1. The molecule has 0 saturated carbocycles. The Kier molecular flexibility index (Phi) is 8.68. The molecule has 0 aliphatic carbocycles. The molecular weight excluding hydrogens is 454 g/mol. The van der Waals surface area contributed by atoms with Crippen molar-refractivity contribution in [2.24, 2.45) is 0 Å². The quantitative estimate of drug-likeness (QED) is 0.479. The summed E-state index contributed by atoms with van der Waals surface area (Å²) in [5, 5.41) is 0. The molecular formula is C25H33N3O5S. The van der Waals surface area contributed by atoms with E-state index in [0.29, 0.717) is 26.1 Å². The Bertz CT molecular complexity index is 1080. The van der Waals surface area contributed by atoms with Gasteiger partial charge in [-0.05, 0) is 54.7 Å². The molecule has 0 bridgehead atoms. The molecule has 1 fully saturated rings. The number of anilines is 1. The van der Waals surface area contributed by atoms with Gasteiger partial charge in [0, 0.05) is 52.9 Å². The van der Waals surface area contributed by atoms with Crippen LogP contribution < -0.4 is 4.90 Å². The van der Waals surface area contributed by atoms with Crippen molar-refractivity contribution in [1.82, 2.24) is 9.21 Å². The monoisotopic (exact) mass is 487 g/mol. The predicted octanol–water partition coefficient (Wildman–Crippen LogP) is 2.67. The van der Waals surface area contributed by atoms with Gasteiger partial charge in [0.05, 0.1) is 4.90 Å². The molecule has 184 valence electrons. The van der Waals surface area contributed by atoms with Crippen molar-refractivity contribution in [1.29, 1.82) is 0 Å². The second-order valence-corrected chi connectivity index (χ2v) is 10.7. The Balaban J connectivity index is 1.41. The maximum atomic E-state index is 12.6. The fraction of sp³-hybridized carbons (Fsp3) is 0.440. The number of hydrogen-bond donors (Lipinski definition) is 0. The van der Waals surface area contributed by atoms with E-state index in [1.165, 1.54) is 9.21 Å². The highest BCUT2D eigenvalue weighted by Gasteiger charge is 2.26. The minimum absolute atomic E-state index is 0.112. The van der Waals surface area contributed by atoms with Gasteiger partial charge in [0.1, 0.15) is 0 Å². The molecule has 0 radical (unpaired) electrons. The van der Waals surface area contributed by atoms with Crippen molar-refractivity contribution in [3.8, 4) is 0 Å². The summed E-state index contributed by atoms with van der Waals surface area (Å²) in [6.45, 7) is 1.24. The third-order valence-corrected chi connectivity index (χ3v) is 7.81. The molecule has 1 aliphatic rings. The van der Waals surface area contributed by atoms with E-state index in [4.69, 9.17) is 4.74 Å². The highest BCUT2D eigenvalue weighted by atomic mass is 32.2. The van der Waals surface area contributed by atoms with Crippen LogP contribution in [-0.2, 0) is 37.3 Å². The lowest BCUT2D eigenvalue weighted by molar-refractivity contribution is -0.151. The fourth-order valence-corrected chi connectivity index (χ4v) is 5.26. The van der Waals surface area contributed by atoms with Crippen LogP contribution in [0.1, 0.15) is 30.4 Å². The van der Waals surface area contributed by atoms with Crippen LogP contribution in [0.5, 0.6) is 0 Å². The number of hydrogen-bond acceptors (Lipinski definition) is 6. The van der Waals surface area contributed by atoms with Gasteiger partial charge in [-0.25, -0.2) is 8.42 Å². The molecule has 9 heteroatoms. The second kappa shape index (κ2) is 11.5. The molecule has 1 aliphatic heterocycles. The molecule has 2 aromatic carbocycles. The van der Waals surface area contributed by atoms with E-state index >= 15 is 0 Å². The fourth-order valence-electron chi connectivity index (χ4n) is 3.74. The first kappa shape index (κ1) is 25.7. The SMILES string of the molecule is CN(Cc1ccc(N(C)C)cc1)C(=O)COC(=O)CCc1ccc(S(=O)(=O)N2CCCC2)cc1. The molecule has 0 N–H and O–H groups in total.